The predicted octanol–water partition coefficient (Wildman–Crippen LogP) is 1.02. The van der Waals surface area contributed by atoms with Crippen molar-refractivity contribution >= 4 is 9.84 Å². The van der Waals surface area contributed by atoms with Crippen LogP contribution in [0.5, 0.6) is 0 Å². The highest BCUT2D eigenvalue weighted by molar-refractivity contribution is 7.91. The molecule has 0 fully saturated rings. The second-order valence-electron chi connectivity index (χ2n) is 4.13. The van der Waals surface area contributed by atoms with Crippen molar-refractivity contribution in [2.75, 3.05) is 12.3 Å². The van der Waals surface area contributed by atoms with Crippen molar-refractivity contribution in [3.63, 3.8) is 0 Å². The molecular weight excluding hydrogens is 236 g/mol. The molecular formula is C12H14N2O2S. The summed E-state index contributed by atoms with van der Waals surface area (Å²) in [6.07, 6.45) is 1.52. The summed E-state index contributed by atoms with van der Waals surface area (Å²) in [6, 6.07) is 7.43. The van der Waals surface area contributed by atoms with E-state index in [1.54, 1.807) is 6.07 Å². The summed E-state index contributed by atoms with van der Waals surface area (Å²) in [7, 11) is -3.06. The van der Waals surface area contributed by atoms with Gasteiger partial charge in [-0.3, -0.25) is 0 Å². The van der Waals surface area contributed by atoms with Crippen LogP contribution in [-0.4, -0.2) is 20.7 Å². The van der Waals surface area contributed by atoms with Gasteiger partial charge in [0, 0.05) is 6.54 Å². The monoisotopic (exact) mass is 250 g/mol. The molecule has 0 aliphatic carbocycles. The van der Waals surface area contributed by atoms with Crippen LogP contribution in [0.4, 0.5) is 0 Å². The van der Waals surface area contributed by atoms with Crippen molar-refractivity contribution in [2.24, 2.45) is 0 Å². The minimum Gasteiger partial charge on any atom is -0.300 e. The van der Waals surface area contributed by atoms with Crippen LogP contribution in [0.1, 0.15) is 17.5 Å². The Morgan fingerprint density at radius 2 is 2.24 bits per heavy atom. The average molecular weight is 250 g/mol. The molecule has 5 heteroatoms. The van der Waals surface area contributed by atoms with Gasteiger partial charge in [0.15, 0.2) is 9.84 Å². The lowest BCUT2D eigenvalue weighted by molar-refractivity contribution is 0.586. The van der Waals surface area contributed by atoms with Gasteiger partial charge in [0.05, 0.1) is 23.3 Å². The standard InChI is InChI=1S/C12H14N2O2S/c13-5-6-14-9-10-3-4-12-11(8-10)2-1-7-17(12,15)16/h3-4,8,14H,1-2,6-7,9H2. The number of aryl methyl sites for hydroxylation is 1. The summed E-state index contributed by atoms with van der Waals surface area (Å²) in [5.41, 5.74) is 1.93. The topological polar surface area (TPSA) is 70.0 Å². The largest absolute Gasteiger partial charge is 0.300 e. The van der Waals surface area contributed by atoms with Crippen LogP contribution in [0.25, 0.3) is 0 Å². The molecule has 0 saturated heterocycles. The molecule has 0 atom stereocenters. The molecule has 0 radical (unpaired) electrons. The molecule has 90 valence electrons. The lowest BCUT2D eigenvalue weighted by Crippen LogP contribution is -2.17. The van der Waals surface area contributed by atoms with E-state index in [0.717, 1.165) is 17.5 Å². The first-order valence-electron chi connectivity index (χ1n) is 5.56. The molecule has 0 unspecified atom stereocenters. The number of benzene rings is 1. The zero-order chi connectivity index (χ0) is 12.3. The highest BCUT2D eigenvalue weighted by Gasteiger charge is 2.23. The Labute approximate surface area is 101 Å². The molecule has 0 amide bonds. The first-order chi connectivity index (χ1) is 8.13. The van der Waals surface area contributed by atoms with Crippen LogP contribution in [0, 0.1) is 11.3 Å². The quantitative estimate of drug-likeness (QED) is 0.642. The van der Waals surface area contributed by atoms with Gasteiger partial charge in [-0.15, -0.1) is 0 Å². The maximum atomic E-state index is 11.8. The molecule has 0 aromatic heterocycles. The van der Waals surface area contributed by atoms with E-state index in [2.05, 4.69) is 5.32 Å². The van der Waals surface area contributed by atoms with E-state index in [9.17, 15) is 8.42 Å². The first-order valence-corrected chi connectivity index (χ1v) is 7.21. The van der Waals surface area contributed by atoms with E-state index in [1.807, 2.05) is 18.2 Å². The Hall–Kier alpha value is -1.38. The van der Waals surface area contributed by atoms with Crippen LogP contribution in [0.2, 0.25) is 0 Å². The third-order valence-electron chi connectivity index (χ3n) is 2.85. The Balaban J connectivity index is 2.23. The minimum atomic E-state index is -3.06. The van der Waals surface area contributed by atoms with Gasteiger partial charge in [-0.25, -0.2) is 8.42 Å². The number of rotatable bonds is 3. The molecule has 0 saturated carbocycles. The Bertz CT molecular complexity index is 558. The maximum absolute atomic E-state index is 11.8. The molecule has 17 heavy (non-hydrogen) atoms. The van der Waals surface area contributed by atoms with Crippen molar-refractivity contribution in [2.45, 2.75) is 24.3 Å². The molecule has 1 aromatic carbocycles. The molecule has 0 bridgehead atoms. The van der Waals surface area contributed by atoms with Crippen LogP contribution < -0.4 is 5.32 Å². The number of nitrogens with zero attached hydrogens (tertiary/aromatic N) is 1. The van der Waals surface area contributed by atoms with Gasteiger partial charge in [0.25, 0.3) is 0 Å². The zero-order valence-electron chi connectivity index (χ0n) is 9.44. The molecule has 0 spiro atoms. The molecule has 2 rings (SSSR count). The Morgan fingerprint density at radius 3 is 3.00 bits per heavy atom. The van der Waals surface area contributed by atoms with Gasteiger partial charge >= 0.3 is 0 Å². The van der Waals surface area contributed by atoms with Gasteiger partial charge in [-0.2, -0.15) is 5.26 Å². The van der Waals surface area contributed by atoms with Crippen molar-refractivity contribution in [1.82, 2.24) is 5.32 Å². The van der Waals surface area contributed by atoms with E-state index in [0.29, 0.717) is 24.4 Å². The fourth-order valence-corrected chi connectivity index (χ4v) is 3.65. The number of nitriles is 1. The fourth-order valence-electron chi connectivity index (χ4n) is 2.07. The lowest BCUT2D eigenvalue weighted by Gasteiger charge is -2.17. The summed E-state index contributed by atoms with van der Waals surface area (Å²) < 4.78 is 23.6. The number of fused-ring (bicyclic) bond motifs is 1. The van der Waals surface area contributed by atoms with Crippen LogP contribution >= 0.6 is 0 Å². The van der Waals surface area contributed by atoms with Gasteiger partial charge < -0.3 is 5.32 Å². The summed E-state index contributed by atoms with van der Waals surface area (Å²) in [6.45, 7) is 0.899. The molecule has 1 N–H and O–H groups in total. The van der Waals surface area contributed by atoms with E-state index in [1.165, 1.54) is 0 Å². The Kier molecular flexibility index (Phi) is 3.46. The summed E-state index contributed by atoms with van der Waals surface area (Å²) in [5, 5.41) is 11.4. The number of hydrogen-bond acceptors (Lipinski definition) is 4. The van der Waals surface area contributed by atoms with Crippen molar-refractivity contribution in [1.29, 1.82) is 5.26 Å². The van der Waals surface area contributed by atoms with Crippen molar-refractivity contribution < 1.29 is 8.42 Å². The van der Waals surface area contributed by atoms with Gasteiger partial charge in [0.2, 0.25) is 0 Å². The summed E-state index contributed by atoms with van der Waals surface area (Å²) >= 11 is 0. The minimum absolute atomic E-state index is 0.256. The van der Waals surface area contributed by atoms with E-state index in [4.69, 9.17) is 5.26 Å². The maximum Gasteiger partial charge on any atom is 0.178 e. The zero-order valence-corrected chi connectivity index (χ0v) is 10.3. The highest BCUT2D eigenvalue weighted by atomic mass is 32.2. The van der Waals surface area contributed by atoms with E-state index < -0.39 is 9.84 Å². The first kappa shape index (κ1) is 12.1. The van der Waals surface area contributed by atoms with Gasteiger partial charge in [-0.05, 0) is 30.0 Å². The van der Waals surface area contributed by atoms with Crippen LogP contribution in [0.3, 0.4) is 0 Å². The number of hydrogen-bond donors (Lipinski definition) is 1. The van der Waals surface area contributed by atoms with Crippen molar-refractivity contribution in [3.05, 3.63) is 29.3 Å². The van der Waals surface area contributed by atoms with E-state index in [-0.39, 0.29) is 5.75 Å². The molecule has 1 aliphatic heterocycles. The summed E-state index contributed by atoms with van der Waals surface area (Å²) in [5.74, 6) is 0.256. The number of sulfone groups is 1. The second-order valence-corrected chi connectivity index (χ2v) is 6.20. The predicted molar refractivity (Wildman–Crippen MR) is 64.1 cm³/mol. The highest BCUT2D eigenvalue weighted by Crippen LogP contribution is 2.25. The molecule has 1 heterocycles. The molecule has 1 aromatic rings. The van der Waals surface area contributed by atoms with Crippen LogP contribution in [-0.2, 0) is 22.8 Å². The third kappa shape index (κ3) is 2.65. The summed E-state index contributed by atoms with van der Waals surface area (Å²) in [4.78, 5) is 0.479. The molecule has 4 nitrogen and oxygen atoms in total. The Morgan fingerprint density at radius 1 is 1.41 bits per heavy atom. The lowest BCUT2D eigenvalue weighted by atomic mass is 10.1. The van der Waals surface area contributed by atoms with Gasteiger partial charge in [0.1, 0.15) is 0 Å². The van der Waals surface area contributed by atoms with E-state index >= 15 is 0 Å². The fraction of sp³-hybridized carbons (Fsp3) is 0.417. The second kappa shape index (κ2) is 4.86. The van der Waals surface area contributed by atoms with Gasteiger partial charge in [-0.1, -0.05) is 12.1 Å². The average Bonchev–Trinajstić information content (AvgIpc) is 2.29. The third-order valence-corrected chi connectivity index (χ3v) is 4.75. The van der Waals surface area contributed by atoms with Crippen LogP contribution in [0.15, 0.2) is 23.1 Å². The normalized spacial score (nSPS) is 17.1. The SMILES string of the molecule is N#CCNCc1ccc2c(c1)CCCS2(=O)=O. The smallest absolute Gasteiger partial charge is 0.178 e. The van der Waals surface area contributed by atoms with Crippen molar-refractivity contribution in [3.8, 4) is 6.07 Å². The number of nitrogens with one attached hydrogen (secondary N) is 1. The molecule has 1 aliphatic rings.